The van der Waals surface area contributed by atoms with Crippen LogP contribution in [0.15, 0.2) is 33.2 Å². The molecule has 0 radical (unpaired) electrons. The third-order valence-electron chi connectivity index (χ3n) is 5.70. The lowest BCUT2D eigenvalue weighted by Crippen LogP contribution is -2.44. The summed E-state index contributed by atoms with van der Waals surface area (Å²) in [5.41, 5.74) is 0.971. The number of carbonyl (C=O) groups is 1. The number of aromatic nitrogens is 2. The molecule has 1 amide bonds. The average Bonchev–Trinajstić information content (AvgIpc) is 3.09. The molecular weight excluding hydrogens is 386 g/mol. The van der Waals surface area contributed by atoms with Crippen LogP contribution in [0.25, 0.3) is 10.9 Å². The first-order valence-electron chi connectivity index (χ1n) is 10.4. The highest BCUT2D eigenvalue weighted by atomic mass is 32.1. The maximum absolute atomic E-state index is 13.1. The normalized spacial score (nSPS) is 16.6. The van der Waals surface area contributed by atoms with Gasteiger partial charge in [-0.05, 0) is 55.6 Å². The van der Waals surface area contributed by atoms with E-state index in [4.69, 9.17) is 12.2 Å². The lowest BCUT2D eigenvalue weighted by Gasteiger charge is -2.22. The zero-order valence-electron chi connectivity index (χ0n) is 16.9. The van der Waals surface area contributed by atoms with Crippen molar-refractivity contribution in [2.45, 2.75) is 65.0 Å². The van der Waals surface area contributed by atoms with E-state index in [0.717, 1.165) is 32.1 Å². The van der Waals surface area contributed by atoms with E-state index in [0.29, 0.717) is 34.9 Å². The second kappa shape index (κ2) is 8.10. The van der Waals surface area contributed by atoms with Crippen LogP contribution < -0.4 is 15.4 Å². The van der Waals surface area contributed by atoms with Gasteiger partial charge in [0.15, 0.2) is 0 Å². The highest BCUT2D eigenvalue weighted by Crippen LogP contribution is 2.21. The number of amides is 1. The van der Waals surface area contributed by atoms with Crippen LogP contribution in [0.3, 0.4) is 0 Å². The molecule has 7 nitrogen and oxygen atoms in total. The molecule has 4 rings (SSSR count). The van der Waals surface area contributed by atoms with Crippen molar-refractivity contribution >= 4 is 40.1 Å². The summed E-state index contributed by atoms with van der Waals surface area (Å²) in [6.45, 7) is 4.78. The molecule has 1 fully saturated rings. The average molecular weight is 413 g/mol. The van der Waals surface area contributed by atoms with Crippen molar-refractivity contribution in [3.8, 4) is 0 Å². The van der Waals surface area contributed by atoms with Crippen molar-refractivity contribution in [3.05, 3.63) is 34.1 Å². The lowest BCUT2D eigenvalue weighted by atomic mass is 9.95. The molecule has 1 aromatic heterocycles. The lowest BCUT2D eigenvalue weighted by molar-refractivity contribution is -0.508. The standard InChI is InChI=1S/C21H25N5O2S/c1-13(2)10-11-25-19(28)16-9-8-14(18(27)22-15-6-4-3-5-7-15)12-17(16)26-20(25)23-24-21(26)29/h8-9,12-13,15H,3-7,10-11H2,1-2H3/p+1. The topological polar surface area (TPSA) is 79.7 Å². The smallest absolute Gasteiger partial charge is 0.349 e. The van der Waals surface area contributed by atoms with Crippen molar-refractivity contribution in [3.63, 3.8) is 0 Å². The van der Waals surface area contributed by atoms with Gasteiger partial charge < -0.3 is 5.32 Å². The molecule has 8 heteroatoms. The van der Waals surface area contributed by atoms with E-state index in [-0.39, 0.29) is 22.6 Å². The molecule has 2 heterocycles. The molecule has 0 unspecified atom stereocenters. The van der Waals surface area contributed by atoms with Gasteiger partial charge in [-0.1, -0.05) is 33.1 Å². The van der Waals surface area contributed by atoms with Crippen molar-refractivity contribution in [2.75, 3.05) is 0 Å². The first-order valence-corrected chi connectivity index (χ1v) is 10.8. The summed E-state index contributed by atoms with van der Waals surface area (Å²) >= 11 is 5.37. The summed E-state index contributed by atoms with van der Waals surface area (Å²) in [6, 6.07) is 5.38. The highest BCUT2D eigenvalue weighted by molar-refractivity contribution is 7.79. The molecule has 29 heavy (non-hydrogen) atoms. The van der Waals surface area contributed by atoms with E-state index in [2.05, 4.69) is 29.4 Å². The van der Waals surface area contributed by atoms with E-state index in [9.17, 15) is 9.59 Å². The molecule has 2 aliphatic rings. The highest BCUT2D eigenvalue weighted by Gasteiger charge is 2.31. The number of nitrogens with zero attached hydrogens (tertiary/aromatic N) is 4. The van der Waals surface area contributed by atoms with E-state index in [1.807, 2.05) is 0 Å². The Morgan fingerprint density at radius 1 is 1.28 bits per heavy atom. The molecule has 152 valence electrons. The third-order valence-corrected chi connectivity index (χ3v) is 5.97. The van der Waals surface area contributed by atoms with Gasteiger partial charge >= 0.3 is 16.6 Å². The first-order chi connectivity index (χ1) is 14.0. The molecule has 1 saturated carbocycles. The minimum absolute atomic E-state index is 0.116. The van der Waals surface area contributed by atoms with Gasteiger partial charge in [0.1, 0.15) is 5.52 Å². The van der Waals surface area contributed by atoms with Crippen LogP contribution in [-0.4, -0.2) is 21.6 Å². The Morgan fingerprint density at radius 2 is 2.03 bits per heavy atom. The maximum Gasteiger partial charge on any atom is 0.397 e. The van der Waals surface area contributed by atoms with Gasteiger partial charge in [-0.3, -0.25) is 9.59 Å². The summed E-state index contributed by atoms with van der Waals surface area (Å²) < 4.78 is 3.33. The second-order valence-electron chi connectivity index (χ2n) is 8.30. The van der Waals surface area contributed by atoms with Gasteiger partial charge in [0.25, 0.3) is 5.91 Å². The Morgan fingerprint density at radius 3 is 2.76 bits per heavy atom. The number of hydrogen-bond acceptors (Lipinski definition) is 4. The molecule has 1 aromatic carbocycles. The quantitative estimate of drug-likeness (QED) is 0.602. The fourth-order valence-electron chi connectivity index (χ4n) is 4.03. The number of hydrogen-bond donors (Lipinski definition) is 1. The summed E-state index contributed by atoms with van der Waals surface area (Å²) in [6.07, 6.45) is 6.43. The Kier molecular flexibility index (Phi) is 5.54. The molecule has 1 N–H and O–H groups in total. The number of nitrogens with one attached hydrogen (secondary N) is 1. The minimum atomic E-state index is -0.130. The summed E-state index contributed by atoms with van der Waals surface area (Å²) in [4.78, 5) is 25.9. The predicted molar refractivity (Wildman–Crippen MR) is 115 cm³/mol. The third kappa shape index (κ3) is 3.85. The number of carbonyl (C=O) groups excluding carboxylic acids is 1. The van der Waals surface area contributed by atoms with Crippen LogP contribution in [0, 0.1) is 5.92 Å². The van der Waals surface area contributed by atoms with Crippen LogP contribution in [0.5, 0.6) is 0 Å². The van der Waals surface area contributed by atoms with E-state index in [1.165, 1.54) is 6.42 Å². The number of benzene rings is 1. The molecule has 0 saturated heterocycles. The van der Waals surface area contributed by atoms with Crippen molar-refractivity contribution < 1.29 is 9.36 Å². The van der Waals surface area contributed by atoms with Crippen LogP contribution in [-0.2, 0) is 6.54 Å². The largest absolute Gasteiger partial charge is 0.397 e. The Hall–Kier alpha value is -2.48. The molecule has 2 aromatic rings. The minimum Gasteiger partial charge on any atom is -0.349 e. The van der Waals surface area contributed by atoms with Crippen LogP contribution in [0.4, 0.5) is 5.95 Å². The maximum atomic E-state index is 13.1. The summed E-state index contributed by atoms with van der Waals surface area (Å²) in [7, 11) is 0. The second-order valence-corrected chi connectivity index (χ2v) is 8.66. The molecule has 0 atom stereocenters. The monoisotopic (exact) mass is 412 g/mol. The molecule has 1 aliphatic heterocycles. The Labute approximate surface area is 174 Å². The van der Waals surface area contributed by atoms with E-state index in [1.54, 1.807) is 27.3 Å². The number of fused-ring (bicyclic) bond motifs is 3. The molecule has 0 spiro atoms. The Balaban J connectivity index is 1.74. The molecular formula is C21H26N5O2S+. The van der Waals surface area contributed by atoms with Gasteiger partial charge in [-0.2, -0.15) is 4.57 Å². The first kappa shape index (κ1) is 19.8. The zero-order valence-corrected chi connectivity index (χ0v) is 17.7. The SMILES string of the molecule is CC(C)CCn1c2[n+](c3cc(C(=O)NC4CCCCC4)ccc3c1=O)C(=S)N=N2. The fraction of sp³-hybridized carbons (Fsp3) is 0.524. The van der Waals surface area contributed by atoms with Gasteiger partial charge in [0.2, 0.25) is 0 Å². The van der Waals surface area contributed by atoms with Crippen molar-refractivity contribution in [1.29, 1.82) is 0 Å². The predicted octanol–water partition coefficient (Wildman–Crippen LogP) is 3.63. The summed E-state index contributed by atoms with van der Waals surface area (Å²) in [5.74, 6) is 0.766. The van der Waals surface area contributed by atoms with Crippen LogP contribution >= 0.6 is 12.2 Å². The number of azo groups is 1. The molecule has 0 bridgehead atoms. The molecule has 1 aliphatic carbocycles. The summed E-state index contributed by atoms with van der Waals surface area (Å²) in [5, 5.41) is 12.1. The van der Waals surface area contributed by atoms with Crippen LogP contribution in [0.2, 0.25) is 0 Å². The van der Waals surface area contributed by atoms with Crippen LogP contribution in [0.1, 0.15) is 62.7 Å². The van der Waals surface area contributed by atoms with E-state index >= 15 is 0 Å². The number of thiocarbonyl (C=S) groups is 1. The van der Waals surface area contributed by atoms with Gasteiger partial charge in [-0.15, -0.1) is 0 Å². The van der Waals surface area contributed by atoms with Crippen molar-refractivity contribution in [1.82, 2.24) is 9.88 Å². The Bertz CT molecular complexity index is 1070. The van der Waals surface area contributed by atoms with Gasteiger partial charge in [0.05, 0.1) is 17.0 Å². The van der Waals surface area contributed by atoms with E-state index < -0.39 is 0 Å². The zero-order chi connectivity index (χ0) is 20.5. The van der Waals surface area contributed by atoms with Crippen molar-refractivity contribution in [2.24, 2.45) is 16.1 Å². The number of rotatable bonds is 5. The van der Waals surface area contributed by atoms with Gasteiger partial charge in [-0.25, -0.2) is 4.57 Å². The van der Waals surface area contributed by atoms with Gasteiger partial charge in [0, 0.05) is 16.7 Å². The fourth-order valence-corrected chi connectivity index (χ4v) is 4.25.